The Morgan fingerprint density at radius 1 is 1.12 bits per heavy atom. The first-order chi connectivity index (χ1) is 12.6. The number of nitrogens with zero attached hydrogens (tertiary/aromatic N) is 1. The van der Waals surface area contributed by atoms with Crippen LogP contribution < -0.4 is 14.9 Å². The number of hydrogen-bond acceptors (Lipinski definition) is 6. The van der Waals surface area contributed by atoms with Crippen LogP contribution in [0.15, 0.2) is 53.6 Å². The first-order valence-corrected chi connectivity index (χ1v) is 7.99. The molecule has 1 amide bonds. The van der Waals surface area contributed by atoms with Crippen LogP contribution in [0.2, 0.25) is 0 Å². The second-order valence-corrected chi connectivity index (χ2v) is 5.06. The van der Waals surface area contributed by atoms with E-state index in [2.05, 4.69) is 10.5 Å². The second-order valence-electron chi connectivity index (χ2n) is 5.06. The molecule has 136 valence electrons. The van der Waals surface area contributed by atoms with Gasteiger partial charge in [-0.3, -0.25) is 4.79 Å². The number of nitrogens with one attached hydrogen (secondary N) is 1. The van der Waals surface area contributed by atoms with E-state index in [4.69, 9.17) is 14.2 Å². The lowest BCUT2D eigenvalue weighted by Crippen LogP contribution is -2.18. The highest BCUT2D eigenvalue weighted by Gasteiger charge is 2.07. The summed E-state index contributed by atoms with van der Waals surface area (Å²) >= 11 is 0. The molecule has 0 bridgehead atoms. The number of hydrogen-bond donors (Lipinski definition) is 1. The molecule has 0 heterocycles. The van der Waals surface area contributed by atoms with Gasteiger partial charge in [0, 0.05) is 11.1 Å². The third-order valence-electron chi connectivity index (χ3n) is 3.29. The van der Waals surface area contributed by atoms with E-state index in [1.807, 2.05) is 0 Å². The lowest BCUT2D eigenvalue weighted by atomic mass is 10.2. The summed E-state index contributed by atoms with van der Waals surface area (Å²) in [5, 5.41) is 3.93. The van der Waals surface area contributed by atoms with Crippen molar-refractivity contribution in [2.24, 2.45) is 5.10 Å². The first-order valence-electron chi connectivity index (χ1n) is 7.99. The minimum atomic E-state index is -0.452. The van der Waals surface area contributed by atoms with Gasteiger partial charge in [0.05, 0.1) is 19.9 Å². The Kier molecular flexibility index (Phi) is 7.17. The minimum Gasteiger partial charge on any atom is -0.497 e. The number of hydrazone groups is 1. The Hall–Kier alpha value is -3.35. The topological polar surface area (TPSA) is 86.2 Å². The molecule has 0 saturated carbocycles. The maximum Gasteiger partial charge on any atom is 0.344 e. The predicted molar refractivity (Wildman–Crippen MR) is 96.6 cm³/mol. The van der Waals surface area contributed by atoms with E-state index < -0.39 is 5.97 Å². The van der Waals surface area contributed by atoms with Crippen LogP contribution in [0.1, 0.15) is 22.8 Å². The number of ether oxygens (including phenoxy) is 3. The van der Waals surface area contributed by atoms with Gasteiger partial charge in [-0.2, -0.15) is 5.10 Å². The Bertz CT molecular complexity index is 772. The van der Waals surface area contributed by atoms with Crippen LogP contribution in [0.25, 0.3) is 0 Å². The summed E-state index contributed by atoms with van der Waals surface area (Å²) in [6.07, 6.45) is 1.45. The van der Waals surface area contributed by atoms with Crippen molar-refractivity contribution >= 4 is 18.1 Å². The molecule has 1 N–H and O–H groups in total. The summed E-state index contributed by atoms with van der Waals surface area (Å²) in [5.74, 6) is 0.321. The monoisotopic (exact) mass is 356 g/mol. The molecule has 0 radical (unpaired) electrons. The van der Waals surface area contributed by atoms with Gasteiger partial charge in [-0.25, -0.2) is 10.2 Å². The highest BCUT2D eigenvalue weighted by Crippen LogP contribution is 2.16. The molecule has 2 rings (SSSR count). The van der Waals surface area contributed by atoms with Crippen molar-refractivity contribution in [1.29, 1.82) is 0 Å². The fourth-order valence-corrected chi connectivity index (χ4v) is 2.03. The zero-order chi connectivity index (χ0) is 18.8. The molecule has 0 fully saturated rings. The van der Waals surface area contributed by atoms with Crippen molar-refractivity contribution in [3.8, 4) is 11.5 Å². The van der Waals surface area contributed by atoms with Crippen molar-refractivity contribution in [1.82, 2.24) is 5.43 Å². The van der Waals surface area contributed by atoms with Gasteiger partial charge in [-0.15, -0.1) is 0 Å². The molecule has 7 nitrogen and oxygen atoms in total. The normalized spacial score (nSPS) is 10.4. The van der Waals surface area contributed by atoms with E-state index >= 15 is 0 Å². The van der Waals surface area contributed by atoms with Gasteiger partial charge < -0.3 is 14.2 Å². The molecule has 2 aromatic rings. The van der Waals surface area contributed by atoms with Crippen LogP contribution in [0.5, 0.6) is 11.5 Å². The van der Waals surface area contributed by atoms with Crippen LogP contribution in [0, 0.1) is 0 Å². The van der Waals surface area contributed by atoms with Crippen LogP contribution >= 0.6 is 0 Å². The third-order valence-corrected chi connectivity index (χ3v) is 3.29. The van der Waals surface area contributed by atoms with E-state index in [0.29, 0.717) is 29.2 Å². The zero-order valence-electron chi connectivity index (χ0n) is 14.6. The molecule has 7 heteroatoms. The Balaban J connectivity index is 1.96. The molecule has 0 unspecified atom stereocenters. The Labute approximate surface area is 151 Å². The second kappa shape index (κ2) is 9.83. The van der Waals surface area contributed by atoms with Crippen molar-refractivity contribution in [2.45, 2.75) is 6.92 Å². The molecule has 0 aliphatic rings. The van der Waals surface area contributed by atoms with E-state index in [1.165, 1.54) is 6.21 Å². The summed E-state index contributed by atoms with van der Waals surface area (Å²) in [5.41, 5.74) is 3.51. The number of carbonyl (C=O) groups excluding carboxylic acids is 2. The maximum absolute atomic E-state index is 12.0. The van der Waals surface area contributed by atoms with Gasteiger partial charge in [-0.1, -0.05) is 12.1 Å². The highest BCUT2D eigenvalue weighted by atomic mass is 16.6. The van der Waals surface area contributed by atoms with Crippen molar-refractivity contribution in [3.63, 3.8) is 0 Å². The average Bonchev–Trinajstić information content (AvgIpc) is 2.67. The van der Waals surface area contributed by atoms with Gasteiger partial charge in [0.25, 0.3) is 5.91 Å². The van der Waals surface area contributed by atoms with Gasteiger partial charge in [0.2, 0.25) is 0 Å². The quantitative estimate of drug-likeness (QED) is 0.446. The smallest absolute Gasteiger partial charge is 0.344 e. The van der Waals surface area contributed by atoms with Crippen molar-refractivity contribution in [2.75, 3.05) is 20.3 Å². The van der Waals surface area contributed by atoms with Crippen LogP contribution in [-0.4, -0.2) is 38.4 Å². The zero-order valence-corrected chi connectivity index (χ0v) is 14.6. The van der Waals surface area contributed by atoms with E-state index in [9.17, 15) is 9.59 Å². The molecule has 0 aliphatic carbocycles. The first kappa shape index (κ1) is 19.0. The van der Waals surface area contributed by atoms with Crippen molar-refractivity contribution in [3.05, 3.63) is 59.7 Å². The van der Waals surface area contributed by atoms with Crippen LogP contribution in [-0.2, 0) is 9.53 Å². The Morgan fingerprint density at radius 3 is 2.54 bits per heavy atom. The fraction of sp³-hybridized carbons (Fsp3) is 0.211. The van der Waals surface area contributed by atoms with Gasteiger partial charge in [0.15, 0.2) is 6.61 Å². The number of esters is 1. The third kappa shape index (κ3) is 5.62. The molecule has 0 aromatic heterocycles. The lowest BCUT2D eigenvalue weighted by Gasteiger charge is -2.08. The number of benzene rings is 2. The lowest BCUT2D eigenvalue weighted by molar-refractivity contribution is -0.145. The molecule has 2 aromatic carbocycles. The number of methoxy groups -OCH3 is 1. The largest absolute Gasteiger partial charge is 0.497 e. The summed E-state index contributed by atoms with van der Waals surface area (Å²) in [7, 11) is 1.56. The molecular weight excluding hydrogens is 336 g/mol. The number of rotatable bonds is 8. The summed E-state index contributed by atoms with van der Waals surface area (Å²) in [6, 6.07) is 13.7. The van der Waals surface area contributed by atoms with E-state index in [-0.39, 0.29) is 12.5 Å². The standard InChI is InChI=1S/C19H20N2O5/c1-3-25-18(22)13-26-17-7-5-4-6-15(17)12-20-21-19(23)14-8-10-16(24-2)11-9-14/h4-12H,3,13H2,1-2H3,(H,21,23). The van der Waals surface area contributed by atoms with Gasteiger partial charge >= 0.3 is 5.97 Å². The summed E-state index contributed by atoms with van der Waals surface area (Å²) in [4.78, 5) is 23.4. The van der Waals surface area contributed by atoms with E-state index in [0.717, 1.165) is 0 Å². The SMILES string of the molecule is CCOC(=O)COc1ccccc1C=NNC(=O)c1ccc(OC)cc1. The average molecular weight is 356 g/mol. The Morgan fingerprint density at radius 2 is 1.85 bits per heavy atom. The van der Waals surface area contributed by atoms with Crippen LogP contribution in [0.4, 0.5) is 0 Å². The molecule has 0 spiro atoms. The molecule has 0 aliphatic heterocycles. The van der Waals surface area contributed by atoms with E-state index in [1.54, 1.807) is 62.6 Å². The fourth-order valence-electron chi connectivity index (χ4n) is 2.03. The van der Waals surface area contributed by atoms with Crippen molar-refractivity contribution < 1.29 is 23.8 Å². The predicted octanol–water partition coefficient (Wildman–Crippen LogP) is 2.40. The number of amides is 1. The molecule has 0 atom stereocenters. The molecular formula is C19H20N2O5. The summed E-state index contributed by atoms with van der Waals surface area (Å²) in [6.45, 7) is 1.82. The van der Waals surface area contributed by atoms with Gasteiger partial charge in [-0.05, 0) is 43.3 Å². The highest BCUT2D eigenvalue weighted by molar-refractivity contribution is 5.95. The molecule has 26 heavy (non-hydrogen) atoms. The van der Waals surface area contributed by atoms with Gasteiger partial charge in [0.1, 0.15) is 11.5 Å². The number of carbonyl (C=O) groups is 2. The number of para-hydroxylation sites is 1. The summed E-state index contributed by atoms with van der Waals surface area (Å²) < 4.78 is 15.3. The molecule has 0 saturated heterocycles. The maximum atomic E-state index is 12.0. The van der Waals surface area contributed by atoms with Crippen LogP contribution in [0.3, 0.4) is 0 Å². The minimum absolute atomic E-state index is 0.198.